The monoisotopic (exact) mass is 1210 g/mol. The fourth-order valence-electron chi connectivity index (χ4n) is 6.71. The number of thiazole rings is 1. The molecule has 83 heavy (non-hydrogen) atoms. The van der Waals surface area contributed by atoms with Crippen molar-refractivity contribution in [3.05, 3.63) is 76.8 Å². The highest BCUT2D eigenvalue weighted by Gasteiger charge is 2.19. The molecule has 0 aliphatic heterocycles. The number of aliphatic hydroxyl groups excluding tert-OH is 1. The third-order valence-electron chi connectivity index (χ3n) is 10.8. The van der Waals surface area contributed by atoms with Gasteiger partial charge < -0.3 is 93.1 Å². The van der Waals surface area contributed by atoms with Gasteiger partial charge in [0, 0.05) is 49.6 Å². The molecule has 0 bridgehead atoms. The maximum atomic E-state index is 12.7. The minimum atomic E-state index is -1.65. The van der Waals surface area contributed by atoms with Gasteiger partial charge in [-0.15, -0.1) is 11.3 Å². The molecule has 2 aromatic carbocycles. The molecule has 0 aliphatic rings. The number of hydrogen-bond donors (Lipinski definition) is 7. The number of aromatic nitrogens is 1. The quantitative estimate of drug-likeness (QED) is 0.0315. The van der Waals surface area contributed by atoms with Crippen molar-refractivity contribution in [2.75, 3.05) is 189 Å². The predicted octanol–water partition coefficient (Wildman–Crippen LogP) is 2.51. The van der Waals surface area contributed by atoms with E-state index in [4.69, 9.17) is 61.6 Å². The third kappa shape index (κ3) is 40.8. The average molecular weight is 1220 g/mol. The second kappa shape index (κ2) is 50.3. The zero-order chi connectivity index (χ0) is 59.5. The topological polar surface area (TPSA) is 319 Å². The maximum absolute atomic E-state index is 12.7. The van der Waals surface area contributed by atoms with Crippen molar-refractivity contribution in [2.24, 2.45) is 0 Å². The standard InChI is InChI=1S/C55H86N6O20S2/c1-44(62)82-39-38-80-37-36-79-35-34-78-33-32-77-31-30-76-29-28-75-27-26-74-25-24-73-23-22-72-21-20-71-19-18-70-17-16-69-15-12-50(63)56-13-7-14-81-49-11-6-5-10-46(49)41-58-54(68)61-55-60-48(43-83-55)53(67)57-42-51(64)59-47(40-52(65)66)45-8-3-2-4-9-45/h2-6,8-11,43,47,52,65-66H,7,12-42H2,1H3,(H,56,63)(H,57,67)(H,59,64)(H2,58,60,61,68). The van der Waals surface area contributed by atoms with E-state index in [1.165, 1.54) is 17.1 Å². The molecule has 7 N–H and O–H groups in total. The Kier molecular flexibility index (Phi) is 43.8. The first kappa shape index (κ1) is 72.3. The van der Waals surface area contributed by atoms with Crippen molar-refractivity contribution < 1.29 is 95.8 Å². The summed E-state index contributed by atoms with van der Waals surface area (Å²) < 4.78 is 71.7. The molecule has 0 spiro atoms. The molecule has 3 rings (SSSR count). The van der Waals surface area contributed by atoms with Crippen LogP contribution in [0.15, 0.2) is 60.0 Å². The molecule has 5 amide bonds. The number of nitrogens with one attached hydrogen (secondary N) is 5. The number of nitrogens with zero attached hydrogens (tertiary/aromatic N) is 1. The van der Waals surface area contributed by atoms with Crippen LogP contribution < -0.4 is 31.3 Å². The molecule has 468 valence electrons. The Labute approximate surface area is 494 Å². The van der Waals surface area contributed by atoms with Gasteiger partial charge in [-0.05, 0) is 18.1 Å². The van der Waals surface area contributed by atoms with Gasteiger partial charge in [0.25, 0.3) is 5.91 Å². The Bertz CT molecular complexity index is 2140. The largest absolute Gasteiger partial charge is 0.493 e. The smallest absolute Gasteiger partial charge is 0.321 e. The molecule has 0 radical (unpaired) electrons. The Hall–Kier alpha value is -4.99. The molecule has 1 atom stereocenters. The maximum Gasteiger partial charge on any atom is 0.321 e. The van der Waals surface area contributed by atoms with E-state index in [1.54, 1.807) is 43.3 Å². The third-order valence-corrected chi connectivity index (χ3v) is 12.3. The summed E-state index contributed by atoms with van der Waals surface area (Å²) in [7, 11) is 0. The lowest BCUT2D eigenvalue weighted by molar-refractivity contribution is -0.123. The van der Waals surface area contributed by atoms with Crippen LogP contribution in [0.4, 0.5) is 9.93 Å². The first-order valence-corrected chi connectivity index (χ1v) is 29.5. The summed E-state index contributed by atoms with van der Waals surface area (Å²) >= 11 is 2.28. The summed E-state index contributed by atoms with van der Waals surface area (Å²) in [5.41, 5.74) is 1.39. The molecular weight excluding hydrogens is 1130 g/mol. The van der Waals surface area contributed by atoms with E-state index in [-0.39, 0.29) is 54.4 Å². The second-order valence-corrected chi connectivity index (χ2v) is 19.5. The highest BCUT2D eigenvalue weighted by molar-refractivity contribution is 8.13. The van der Waals surface area contributed by atoms with Crippen LogP contribution in [0.25, 0.3) is 0 Å². The SMILES string of the molecule is CC(=O)SCCOCCOCCOCCOCCOCCOCCOCCOCCOCCOCCOCCOCCC(=O)NCCCOc1ccccc1CNC(=O)Nc1nc(C(=O)NCC(=O)NC(CC(O)O)c2ccccc2)cs1. The number of carbonyl (C=O) groups is 5. The fraction of sp³-hybridized carbons (Fsp3) is 0.636. The number of aliphatic hydroxyl groups is 2. The molecule has 1 heterocycles. The molecule has 1 aromatic heterocycles. The minimum absolute atomic E-state index is 0.000622. The lowest BCUT2D eigenvalue weighted by Gasteiger charge is -2.20. The Morgan fingerprint density at radius 2 is 1.02 bits per heavy atom. The normalized spacial score (nSPS) is 11.6. The van der Waals surface area contributed by atoms with Crippen molar-refractivity contribution in [1.29, 1.82) is 0 Å². The molecule has 26 nitrogen and oxygen atoms in total. The number of carbonyl (C=O) groups excluding carboxylic acids is 5. The van der Waals surface area contributed by atoms with Gasteiger partial charge in [-0.3, -0.25) is 24.5 Å². The average Bonchev–Trinajstić information content (AvgIpc) is 4.06. The van der Waals surface area contributed by atoms with E-state index in [9.17, 15) is 34.2 Å². The molecule has 0 aliphatic carbocycles. The number of thioether (sulfide) groups is 1. The van der Waals surface area contributed by atoms with Crippen molar-refractivity contribution in [3.63, 3.8) is 0 Å². The molecular formula is C55H86N6O20S2. The summed E-state index contributed by atoms with van der Waals surface area (Å²) in [6, 6.07) is 14.8. The highest BCUT2D eigenvalue weighted by atomic mass is 32.2. The summed E-state index contributed by atoms with van der Waals surface area (Å²) in [5.74, 6) is -0.0893. The summed E-state index contributed by atoms with van der Waals surface area (Å²) in [5, 5.41) is 34.0. The van der Waals surface area contributed by atoms with Gasteiger partial charge in [0.15, 0.2) is 16.5 Å². The van der Waals surface area contributed by atoms with Gasteiger partial charge in [-0.25, -0.2) is 9.78 Å². The number of para-hydroxylation sites is 1. The molecule has 0 fully saturated rings. The summed E-state index contributed by atoms with van der Waals surface area (Å²) in [4.78, 5) is 65.2. The van der Waals surface area contributed by atoms with E-state index >= 15 is 0 Å². The van der Waals surface area contributed by atoms with E-state index in [2.05, 4.69) is 31.6 Å². The number of ether oxygens (including phenoxy) is 13. The lowest BCUT2D eigenvalue weighted by Crippen LogP contribution is -2.39. The van der Waals surface area contributed by atoms with Crippen LogP contribution in [0.1, 0.15) is 53.8 Å². The Morgan fingerprint density at radius 3 is 1.52 bits per heavy atom. The van der Waals surface area contributed by atoms with Gasteiger partial charge in [0.2, 0.25) is 11.8 Å². The van der Waals surface area contributed by atoms with Gasteiger partial charge >= 0.3 is 6.03 Å². The van der Waals surface area contributed by atoms with E-state index < -0.39 is 30.2 Å². The Balaban J connectivity index is 1.02. The summed E-state index contributed by atoms with van der Waals surface area (Å²) in [6.07, 6.45) is -1.03. The van der Waals surface area contributed by atoms with Gasteiger partial charge in [-0.2, -0.15) is 0 Å². The van der Waals surface area contributed by atoms with Crippen LogP contribution in [0, 0.1) is 0 Å². The zero-order valence-corrected chi connectivity index (χ0v) is 49.2. The number of rotatable bonds is 54. The molecule has 1 unspecified atom stereocenters. The van der Waals surface area contributed by atoms with Gasteiger partial charge in [-0.1, -0.05) is 60.3 Å². The summed E-state index contributed by atoms with van der Waals surface area (Å²) in [6.45, 7) is 12.8. The number of amides is 5. The molecule has 0 saturated heterocycles. The number of hydrogen-bond acceptors (Lipinski definition) is 23. The second-order valence-electron chi connectivity index (χ2n) is 17.4. The van der Waals surface area contributed by atoms with E-state index in [1.807, 2.05) is 18.2 Å². The minimum Gasteiger partial charge on any atom is -0.493 e. The zero-order valence-electron chi connectivity index (χ0n) is 47.6. The number of benzene rings is 2. The van der Waals surface area contributed by atoms with Crippen LogP contribution in [-0.2, 0) is 77.8 Å². The highest BCUT2D eigenvalue weighted by Crippen LogP contribution is 2.20. The molecule has 28 heteroatoms. The van der Waals surface area contributed by atoms with E-state index in [0.29, 0.717) is 189 Å². The number of anilines is 1. The number of urea groups is 1. The first-order valence-electron chi connectivity index (χ1n) is 27.6. The first-order chi connectivity index (χ1) is 40.6. The predicted molar refractivity (Wildman–Crippen MR) is 308 cm³/mol. The van der Waals surface area contributed by atoms with Crippen LogP contribution in [0.5, 0.6) is 5.75 Å². The van der Waals surface area contributed by atoms with Gasteiger partial charge in [0.1, 0.15) is 11.4 Å². The Morgan fingerprint density at radius 1 is 0.554 bits per heavy atom. The molecule has 0 saturated carbocycles. The lowest BCUT2D eigenvalue weighted by atomic mass is 10.0. The van der Waals surface area contributed by atoms with E-state index in [0.717, 1.165) is 16.9 Å². The van der Waals surface area contributed by atoms with Crippen molar-refractivity contribution >= 4 is 57.1 Å². The fourth-order valence-corrected chi connectivity index (χ4v) is 7.89. The van der Waals surface area contributed by atoms with Crippen molar-refractivity contribution in [1.82, 2.24) is 26.3 Å². The van der Waals surface area contributed by atoms with Crippen LogP contribution in [0.2, 0.25) is 0 Å². The van der Waals surface area contributed by atoms with Crippen LogP contribution in [0.3, 0.4) is 0 Å². The van der Waals surface area contributed by atoms with Crippen LogP contribution >= 0.6 is 23.1 Å². The van der Waals surface area contributed by atoms with Crippen molar-refractivity contribution in [2.45, 2.75) is 45.1 Å². The van der Waals surface area contributed by atoms with Gasteiger partial charge in [0.05, 0.1) is 178 Å². The van der Waals surface area contributed by atoms with Crippen LogP contribution in [-0.4, -0.2) is 234 Å². The van der Waals surface area contributed by atoms with Crippen molar-refractivity contribution in [3.8, 4) is 5.75 Å². The molecule has 3 aromatic rings.